The Balaban J connectivity index is 0.00000320. The number of hydrogen-bond acceptors (Lipinski definition) is 5. The van der Waals surface area contributed by atoms with Crippen LogP contribution in [0.2, 0.25) is 0 Å². The number of guanidine groups is 1. The summed E-state index contributed by atoms with van der Waals surface area (Å²) in [6.07, 6.45) is 1.77. The zero-order chi connectivity index (χ0) is 20.6. The molecule has 0 spiro atoms. The van der Waals surface area contributed by atoms with Crippen LogP contribution in [0.25, 0.3) is 0 Å². The van der Waals surface area contributed by atoms with Gasteiger partial charge in [0.1, 0.15) is 0 Å². The van der Waals surface area contributed by atoms with Crippen LogP contribution in [0.5, 0.6) is 11.5 Å². The van der Waals surface area contributed by atoms with Crippen LogP contribution in [-0.4, -0.2) is 88.5 Å². The van der Waals surface area contributed by atoms with E-state index in [4.69, 9.17) is 9.47 Å². The van der Waals surface area contributed by atoms with E-state index < -0.39 is 6.61 Å². The van der Waals surface area contributed by atoms with Gasteiger partial charge in [0.05, 0.1) is 20.3 Å². The molecule has 3 rings (SSSR count). The second-order valence-electron chi connectivity index (χ2n) is 7.12. The molecule has 2 aliphatic rings. The molecule has 1 unspecified atom stereocenters. The van der Waals surface area contributed by atoms with E-state index >= 15 is 0 Å². The molecule has 1 N–H and O–H groups in total. The molecule has 0 radical (unpaired) electrons. The number of nitrogens with zero attached hydrogens (tertiary/aromatic N) is 3. The van der Waals surface area contributed by atoms with Crippen LogP contribution in [0.3, 0.4) is 0 Å². The third-order valence-corrected chi connectivity index (χ3v) is 5.38. The Morgan fingerprint density at radius 1 is 1.27 bits per heavy atom. The van der Waals surface area contributed by atoms with Gasteiger partial charge in [-0.05, 0) is 30.5 Å². The van der Waals surface area contributed by atoms with Crippen molar-refractivity contribution in [2.24, 2.45) is 4.99 Å². The van der Waals surface area contributed by atoms with Crippen LogP contribution < -0.4 is 14.8 Å². The van der Waals surface area contributed by atoms with Gasteiger partial charge in [-0.2, -0.15) is 8.78 Å². The Kier molecular flexibility index (Phi) is 10.3. The topological polar surface area (TPSA) is 58.6 Å². The van der Waals surface area contributed by atoms with Gasteiger partial charge in [-0.1, -0.05) is 6.07 Å². The lowest BCUT2D eigenvalue weighted by molar-refractivity contribution is -0.0512. The Bertz CT molecular complexity index is 690. The number of benzene rings is 1. The maximum absolute atomic E-state index is 12.6. The Morgan fingerprint density at radius 3 is 2.70 bits per heavy atom. The molecule has 0 bridgehead atoms. The zero-order valence-corrected chi connectivity index (χ0v) is 19.8. The highest BCUT2D eigenvalue weighted by Gasteiger charge is 2.30. The van der Waals surface area contributed by atoms with E-state index in [0.717, 1.165) is 57.3 Å². The molecule has 1 aromatic rings. The summed E-state index contributed by atoms with van der Waals surface area (Å²) in [5.41, 5.74) is 0.886. The van der Waals surface area contributed by atoms with Crippen LogP contribution >= 0.6 is 24.0 Å². The number of hydrogen-bond donors (Lipinski definition) is 1. The van der Waals surface area contributed by atoms with Crippen LogP contribution in [-0.2, 0) is 11.2 Å². The van der Waals surface area contributed by atoms with Gasteiger partial charge in [-0.15, -0.1) is 24.0 Å². The van der Waals surface area contributed by atoms with Gasteiger partial charge in [0.15, 0.2) is 17.5 Å². The highest BCUT2D eigenvalue weighted by molar-refractivity contribution is 14.0. The first-order chi connectivity index (χ1) is 14.1. The number of aliphatic imine (C=N–C) groups is 1. The largest absolute Gasteiger partial charge is 0.493 e. The van der Waals surface area contributed by atoms with E-state index in [0.29, 0.717) is 24.8 Å². The molecular weight excluding hydrogens is 509 g/mol. The minimum absolute atomic E-state index is 0. The molecule has 170 valence electrons. The number of methoxy groups -OCH3 is 1. The Hall–Kier alpha value is -1.40. The summed E-state index contributed by atoms with van der Waals surface area (Å²) in [6.45, 7) is 3.28. The summed E-state index contributed by atoms with van der Waals surface area (Å²) in [7, 11) is 3.21. The van der Waals surface area contributed by atoms with E-state index in [9.17, 15) is 8.78 Å². The fourth-order valence-corrected chi connectivity index (χ4v) is 3.89. The quantitative estimate of drug-likeness (QED) is 0.326. The van der Waals surface area contributed by atoms with Crippen molar-refractivity contribution in [3.8, 4) is 11.5 Å². The third kappa shape index (κ3) is 6.81. The number of morpholine rings is 1. The van der Waals surface area contributed by atoms with Gasteiger partial charge in [0.25, 0.3) is 0 Å². The minimum Gasteiger partial charge on any atom is -0.493 e. The predicted molar refractivity (Wildman–Crippen MR) is 122 cm³/mol. The average Bonchev–Trinajstić information content (AvgIpc) is 3.22. The first-order valence-corrected chi connectivity index (χ1v) is 10.00. The van der Waals surface area contributed by atoms with Gasteiger partial charge in [0, 0.05) is 45.8 Å². The number of likely N-dealkylation sites (tertiary alicyclic amines) is 1. The van der Waals surface area contributed by atoms with Crippen molar-refractivity contribution in [1.82, 2.24) is 15.1 Å². The van der Waals surface area contributed by atoms with Crippen molar-refractivity contribution in [2.45, 2.75) is 25.5 Å². The lowest BCUT2D eigenvalue weighted by Crippen LogP contribution is -2.46. The van der Waals surface area contributed by atoms with Crippen molar-refractivity contribution in [3.05, 3.63) is 23.8 Å². The number of halogens is 3. The summed E-state index contributed by atoms with van der Waals surface area (Å²) in [5.74, 6) is 1.22. The monoisotopic (exact) mass is 540 g/mol. The van der Waals surface area contributed by atoms with Crippen molar-refractivity contribution in [2.75, 3.05) is 60.1 Å². The highest BCUT2D eigenvalue weighted by Crippen LogP contribution is 2.29. The fraction of sp³-hybridized carbons (Fsp3) is 0.650. The Morgan fingerprint density at radius 2 is 2.03 bits per heavy atom. The molecule has 7 nitrogen and oxygen atoms in total. The van der Waals surface area contributed by atoms with Crippen molar-refractivity contribution >= 4 is 29.9 Å². The molecule has 10 heteroatoms. The minimum atomic E-state index is -2.88. The smallest absolute Gasteiger partial charge is 0.387 e. The van der Waals surface area contributed by atoms with E-state index in [1.807, 2.05) is 6.07 Å². The van der Waals surface area contributed by atoms with Crippen LogP contribution in [0.1, 0.15) is 12.0 Å². The molecule has 0 aromatic heterocycles. The first-order valence-electron chi connectivity index (χ1n) is 10.00. The van der Waals surface area contributed by atoms with Crippen LogP contribution in [0, 0.1) is 0 Å². The molecule has 0 aliphatic carbocycles. The number of alkyl halides is 2. The van der Waals surface area contributed by atoms with Crippen LogP contribution in [0.4, 0.5) is 8.78 Å². The summed E-state index contributed by atoms with van der Waals surface area (Å²) in [6, 6.07) is 5.63. The maximum Gasteiger partial charge on any atom is 0.387 e. The van der Waals surface area contributed by atoms with Gasteiger partial charge in [-0.25, -0.2) is 0 Å². The average molecular weight is 540 g/mol. The van der Waals surface area contributed by atoms with Gasteiger partial charge < -0.3 is 24.4 Å². The van der Waals surface area contributed by atoms with Crippen molar-refractivity contribution < 1.29 is 23.0 Å². The van der Waals surface area contributed by atoms with Gasteiger partial charge in [-0.3, -0.25) is 9.89 Å². The summed E-state index contributed by atoms with van der Waals surface area (Å²) >= 11 is 0. The van der Waals surface area contributed by atoms with E-state index in [1.54, 1.807) is 19.2 Å². The predicted octanol–water partition coefficient (Wildman–Crippen LogP) is 2.44. The molecule has 2 aliphatic heterocycles. The zero-order valence-electron chi connectivity index (χ0n) is 17.5. The van der Waals surface area contributed by atoms with Crippen LogP contribution in [0.15, 0.2) is 23.2 Å². The molecule has 30 heavy (non-hydrogen) atoms. The lowest BCUT2D eigenvalue weighted by Gasteiger charge is -2.32. The van der Waals surface area contributed by atoms with E-state index in [1.165, 1.54) is 7.11 Å². The molecule has 1 atom stereocenters. The highest BCUT2D eigenvalue weighted by atomic mass is 127. The maximum atomic E-state index is 12.6. The Labute approximate surface area is 193 Å². The molecule has 2 heterocycles. The molecule has 0 saturated carbocycles. The summed E-state index contributed by atoms with van der Waals surface area (Å²) in [5, 5.41) is 3.38. The number of nitrogens with one attached hydrogen (secondary N) is 1. The first kappa shape index (κ1) is 24.9. The van der Waals surface area contributed by atoms with E-state index in [2.05, 4.69) is 24.8 Å². The molecule has 2 fully saturated rings. The molecule has 0 amide bonds. The van der Waals surface area contributed by atoms with Crippen molar-refractivity contribution in [1.29, 1.82) is 0 Å². The van der Waals surface area contributed by atoms with E-state index in [-0.39, 0.29) is 29.7 Å². The van der Waals surface area contributed by atoms with Gasteiger partial charge >= 0.3 is 6.61 Å². The SMILES string of the molecule is CN=C(NCCc1ccc(OC)c(OC(F)F)c1)N1CCC(N2CCOCC2)C1.I. The standard InChI is InChI=1S/C20H30F2N4O3.HI/c1-23-20(26-8-6-16(14-26)25-9-11-28-12-10-25)24-7-5-15-3-4-17(27-2)18(13-15)29-19(21)22;/h3-4,13,16,19H,5-12,14H2,1-2H3,(H,23,24);1H. The normalized spacial score (nSPS) is 20.2. The lowest BCUT2D eigenvalue weighted by atomic mass is 10.1. The molecule has 1 aromatic carbocycles. The van der Waals surface area contributed by atoms with Gasteiger partial charge in [0.2, 0.25) is 0 Å². The molecular formula is C20H31F2IN4O3. The fourth-order valence-electron chi connectivity index (χ4n) is 3.89. The van der Waals surface area contributed by atoms with Crippen molar-refractivity contribution in [3.63, 3.8) is 0 Å². The molecule has 2 saturated heterocycles. The second-order valence-corrected chi connectivity index (χ2v) is 7.12. The number of ether oxygens (including phenoxy) is 3. The summed E-state index contributed by atoms with van der Waals surface area (Å²) < 4.78 is 40.3. The third-order valence-electron chi connectivity index (χ3n) is 5.38. The summed E-state index contributed by atoms with van der Waals surface area (Å²) in [4.78, 5) is 9.19. The second kappa shape index (κ2) is 12.5. The number of rotatable bonds is 7.